The van der Waals surface area contributed by atoms with Gasteiger partial charge in [-0.3, -0.25) is 9.59 Å². The van der Waals surface area contributed by atoms with Gasteiger partial charge in [-0.15, -0.1) is 0 Å². The van der Waals surface area contributed by atoms with Crippen LogP contribution in [-0.2, 0) is 9.59 Å². The molecule has 0 aliphatic carbocycles. The largest absolute Gasteiger partial charge is 0.481 e. The molecule has 0 heterocycles. The highest BCUT2D eigenvalue weighted by Gasteiger charge is 2.06. The molecule has 0 fully saturated rings. The Morgan fingerprint density at radius 1 is 0.538 bits per heavy atom. The number of unbranched alkanes of at least 4 members (excludes halogenated alkanes) is 17. The number of carbonyl (C=O) groups is 2. The number of carboxylic acids is 1. The Morgan fingerprint density at radius 2 is 0.846 bits per heavy atom. The van der Waals surface area contributed by atoms with Gasteiger partial charge in [0.25, 0.3) is 0 Å². The van der Waals surface area contributed by atoms with E-state index in [0.29, 0.717) is 6.42 Å². The van der Waals surface area contributed by atoms with Gasteiger partial charge in [-0.1, -0.05) is 116 Å². The van der Waals surface area contributed by atoms with Gasteiger partial charge in [0.2, 0.25) is 0 Å². The maximum atomic E-state index is 11.2. The van der Waals surface area contributed by atoms with E-state index in [-0.39, 0.29) is 12.2 Å². The zero-order chi connectivity index (χ0) is 19.3. The van der Waals surface area contributed by atoms with Gasteiger partial charge in [0.05, 0.1) is 0 Å². The summed E-state index contributed by atoms with van der Waals surface area (Å²) >= 11 is 0. The minimum atomic E-state index is -1.00. The normalized spacial score (nSPS) is 11.0. The molecule has 3 heteroatoms. The Morgan fingerprint density at radius 3 is 1.15 bits per heavy atom. The van der Waals surface area contributed by atoms with Crippen molar-refractivity contribution in [1.82, 2.24) is 0 Å². The fourth-order valence-corrected chi connectivity index (χ4v) is 3.48. The second-order valence-corrected chi connectivity index (χ2v) is 7.87. The van der Waals surface area contributed by atoms with Crippen LogP contribution in [0.1, 0.15) is 135 Å². The summed E-state index contributed by atoms with van der Waals surface area (Å²) in [6.07, 6.45) is 24.1. The summed E-state index contributed by atoms with van der Waals surface area (Å²) in [5, 5.41) is 8.51. The zero-order valence-electron chi connectivity index (χ0n) is 17.4. The van der Waals surface area contributed by atoms with Crippen molar-refractivity contribution in [2.75, 3.05) is 0 Å². The number of carbonyl (C=O) groups excluding carboxylic acids is 1. The molecule has 0 bridgehead atoms. The van der Waals surface area contributed by atoms with Crippen molar-refractivity contribution in [2.24, 2.45) is 0 Å². The molecule has 0 saturated carbocycles. The van der Waals surface area contributed by atoms with Crippen LogP contribution in [0.15, 0.2) is 0 Å². The number of rotatable bonds is 21. The Kier molecular flexibility index (Phi) is 19.8. The van der Waals surface area contributed by atoms with Crippen LogP contribution in [-0.4, -0.2) is 16.9 Å². The third kappa shape index (κ3) is 21.2. The van der Waals surface area contributed by atoms with Gasteiger partial charge in [0.1, 0.15) is 12.2 Å². The molecule has 0 aromatic heterocycles. The first-order valence-electron chi connectivity index (χ1n) is 11.4. The van der Waals surface area contributed by atoms with Gasteiger partial charge in [0, 0.05) is 6.42 Å². The molecule has 0 spiro atoms. The number of ketones is 1. The van der Waals surface area contributed by atoms with Gasteiger partial charge in [-0.05, 0) is 6.42 Å². The van der Waals surface area contributed by atoms with E-state index in [1.54, 1.807) is 0 Å². The van der Waals surface area contributed by atoms with Crippen molar-refractivity contribution in [3.63, 3.8) is 0 Å². The van der Waals surface area contributed by atoms with Crippen molar-refractivity contribution in [3.8, 4) is 0 Å². The fourth-order valence-electron chi connectivity index (χ4n) is 3.48. The molecule has 0 amide bonds. The number of Topliss-reactive ketones (excluding diaryl/α,β-unsaturated/α-hetero) is 1. The standard InChI is InChI=1S/C23H44O3/c1-2-3-4-5-6-7-8-9-10-11-12-13-14-15-16-17-18-19-20-22(24)21-23(25)26/h2-21H2,1H3,(H,25,26). The number of hydrogen-bond donors (Lipinski definition) is 1. The maximum absolute atomic E-state index is 11.2. The van der Waals surface area contributed by atoms with E-state index < -0.39 is 5.97 Å². The van der Waals surface area contributed by atoms with Crippen LogP contribution in [0.2, 0.25) is 0 Å². The molecule has 154 valence electrons. The molecular weight excluding hydrogens is 324 g/mol. The summed E-state index contributed by atoms with van der Waals surface area (Å²) in [5.41, 5.74) is 0. The lowest BCUT2D eigenvalue weighted by atomic mass is 10.0. The molecule has 0 rings (SSSR count). The van der Waals surface area contributed by atoms with Gasteiger partial charge >= 0.3 is 5.97 Å². The molecule has 0 aliphatic rings. The summed E-state index contributed by atoms with van der Waals surface area (Å²) in [5.74, 6) is -1.13. The van der Waals surface area contributed by atoms with Crippen LogP contribution >= 0.6 is 0 Å². The predicted molar refractivity (Wildman–Crippen MR) is 111 cm³/mol. The van der Waals surface area contributed by atoms with Crippen molar-refractivity contribution >= 4 is 11.8 Å². The highest BCUT2D eigenvalue weighted by atomic mass is 16.4. The number of hydrogen-bond acceptors (Lipinski definition) is 2. The summed E-state index contributed by atoms with van der Waals surface area (Å²) in [6.45, 7) is 2.27. The van der Waals surface area contributed by atoms with Gasteiger partial charge < -0.3 is 5.11 Å². The average molecular weight is 369 g/mol. The Bertz CT molecular complexity index is 325. The predicted octanol–water partition coefficient (Wildman–Crippen LogP) is 7.46. The molecule has 3 nitrogen and oxygen atoms in total. The smallest absolute Gasteiger partial charge is 0.310 e. The van der Waals surface area contributed by atoms with Gasteiger partial charge in [0.15, 0.2) is 0 Å². The lowest BCUT2D eigenvalue weighted by molar-refractivity contribution is -0.140. The monoisotopic (exact) mass is 368 g/mol. The molecule has 0 saturated heterocycles. The maximum Gasteiger partial charge on any atom is 0.310 e. The van der Waals surface area contributed by atoms with Crippen LogP contribution in [0.5, 0.6) is 0 Å². The molecule has 1 N–H and O–H groups in total. The minimum Gasteiger partial charge on any atom is -0.481 e. The molecule has 0 radical (unpaired) electrons. The molecule has 0 aliphatic heterocycles. The molecular formula is C23H44O3. The first kappa shape index (κ1) is 25.1. The van der Waals surface area contributed by atoms with Crippen molar-refractivity contribution in [3.05, 3.63) is 0 Å². The summed E-state index contributed by atoms with van der Waals surface area (Å²) in [6, 6.07) is 0. The fraction of sp³-hybridized carbons (Fsp3) is 0.913. The van der Waals surface area contributed by atoms with E-state index in [4.69, 9.17) is 5.11 Å². The first-order chi connectivity index (χ1) is 12.7. The first-order valence-corrected chi connectivity index (χ1v) is 11.4. The van der Waals surface area contributed by atoms with Gasteiger partial charge in [-0.2, -0.15) is 0 Å². The zero-order valence-corrected chi connectivity index (χ0v) is 17.4. The molecule has 0 atom stereocenters. The van der Waals surface area contributed by atoms with E-state index in [0.717, 1.165) is 12.8 Å². The van der Waals surface area contributed by atoms with Crippen LogP contribution in [0.3, 0.4) is 0 Å². The topological polar surface area (TPSA) is 54.4 Å². The number of aliphatic carboxylic acids is 1. The molecule has 0 aromatic carbocycles. The summed E-state index contributed by atoms with van der Waals surface area (Å²) in [4.78, 5) is 21.6. The number of carboxylic acid groups (broad SMARTS) is 1. The van der Waals surface area contributed by atoms with E-state index >= 15 is 0 Å². The van der Waals surface area contributed by atoms with Crippen molar-refractivity contribution in [2.45, 2.75) is 135 Å². The molecule has 26 heavy (non-hydrogen) atoms. The van der Waals surface area contributed by atoms with Gasteiger partial charge in [-0.25, -0.2) is 0 Å². The van der Waals surface area contributed by atoms with Crippen molar-refractivity contribution < 1.29 is 14.7 Å². The second kappa shape index (κ2) is 20.5. The summed E-state index contributed by atoms with van der Waals surface area (Å²) in [7, 11) is 0. The lowest BCUT2D eigenvalue weighted by Gasteiger charge is -2.04. The van der Waals surface area contributed by atoms with E-state index in [2.05, 4.69) is 6.92 Å². The van der Waals surface area contributed by atoms with Crippen LogP contribution in [0.25, 0.3) is 0 Å². The van der Waals surface area contributed by atoms with E-state index in [9.17, 15) is 9.59 Å². The average Bonchev–Trinajstić information content (AvgIpc) is 2.60. The van der Waals surface area contributed by atoms with E-state index in [1.165, 1.54) is 103 Å². The SMILES string of the molecule is CCCCCCCCCCCCCCCCCCCCC(=O)CC(=O)O. The highest BCUT2D eigenvalue weighted by molar-refractivity contribution is 5.94. The highest BCUT2D eigenvalue weighted by Crippen LogP contribution is 2.14. The molecule has 0 aromatic rings. The quantitative estimate of drug-likeness (QED) is 0.169. The van der Waals surface area contributed by atoms with Crippen LogP contribution in [0.4, 0.5) is 0 Å². The molecule has 0 unspecified atom stereocenters. The summed E-state index contributed by atoms with van der Waals surface area (Å²) < 4.78 is 0. The Hall–Kier alpha value is -0.860. The third-order valence-corrected chi connectivity index (χ3v) is 5.16. The van der Waals surface area contributed by atoms with Crippen LogP contribution < -0.4 is 0 Å². The van der Waals surface area contributed by atoms with Crippen molar-refractivity contribution in [1.29, 1.82) is 0 Å². The lowest BCUT2D eigenvalue weighted by Crippen LogP contribution is -2.05. The van der Waals surface area contributed by atoms with Crippen LogP contribution in [0, 0.1) is 0 Å². The minimum absolute atomic E-state index is 0.131. The third-order valence-electron chi connectivity index (χ3n) is 5.16. The van der Waals surface area contributed by atoms with E-state index in [1.807, 2.05) is 0 Å². The second-order valence-electron chi connectivity index (χ2n) is 7.87. The Labute approximate surface area is 162 Å². The Balaban J connectivity index is 3.07.